The van der Waals surface area contributed by atoms with Crippen LogP contribution in [-0.4, -0.2) is 45.6 Å². The molecule has 1 aliphatic carbocycles. The van der Waals surface area contributed by atoms with Gasteiger partial charge in [-0.2, -0.15) is 5.10 Å². The molecule has 2 fully saturated rings. The first-order valence-electron chi connectivity index (χ1n) is 9.29. The SMILES string of the molecule is C=CC(=O)N1CC(CC(C)NC(=O)C2CCCCC2n2cccn2)C1. The van der Waals surface area contributed by atoms with E-state index in [0.717, 1.165) is 45.2 Å². The van der Waals surface area contributed by atoms with Gasteiger partial charge in [0.25, 0.3) is 0 Å². The lowest BCUT2D eigenvalue weighted by Gasteiger charge is -2.40. The fourth-order valence-corrected chi connectivity index (χ4v) is 4.15. The van der Waals surface area contributed by atoms with E-state index in [9.17, 15) is 9.59 Å². The summed E-state index contributed by atoms with van der Waals surface area (Å²) in [5.41, 5.74) is 0. The van der Waals surface area contributed by atoms with E-state index in [4.69, 9.17) is 0 Å². The summed E-state index contributed by atoms with van der Waals surface area (Å²) in [5.74, 6) is 0.604. The minimum Gasteiger partial charge on any atom is -0.353 e. The van der Waals surface area contributed by atoms with Crippen molar-refractivity contribution in [2.45, 2.75) is 51.1 Å². The van der Waals surface area contributed by atoms with E-state index in [0.29, 0.717) is 5.92 Å². The molecule has 1 saturated heterocycles. The molecule has 2 heterocycles. The van der Waals surface area contributed by atoms with Gasteiger partial charge < -0.3 is 10.2 Å². The number of hydrogen-bond acceptors (Lipinski definition) is 3. The van der Waals surface area contributed by atoms with Crippen LogP contribution in [0.2, 0.25) is 0 Å². The van der Waals surface area contributed by atoms with E-state index in [-0.39, 0.29) is 29.8 Å². The molecule has 1 saturated carbocycles. The van der Waals surface area contributed by atoms with Gasteiger partial charge >= 0.3 is 0 Å². The van der Waals surface area contributed by atoms with Gasteiger partial charge in [-0.25, -0.2) is 0 Å². The molecule has 1 N–H and O–H groups in total. The van der Waals surface area contributed by atoms with Gasteiger partial charge in [0.05, 0.1) is 12.0 Å². The van der Waals surface area contributed by atoms with Crippen molar-refractivity contribution in [1.29, 1.82) is 0 Å². The molecule has 0 aromatic carbocycles. The Kier molecular flexibility index (Phi) is 5.56. The van der Waals surface area contributed by atoms with E-state index in [2.05, 4.69) is 23.9 Å². The van der Waals surface area contributed by atoms with Crippen molar-refractivity contribution < 1.29 is 9.59 Å². The second kappa shape index (κ2) is 7.85. The average Bonchev–Trinajstić information content (AvgIpc) is 3.11. The summed E-state index contributed by atoms with van der Waals surface area (Å²) in [6.45, 7) is 7.11. The van der Waals surface area contributed by atoms with Gasteiger partial charge in [-0.3, -0.25) is 14.3 Å². The molecule has 1 aromatic heterocycles. The predicted octanol–water partition coefficient (Wildman–Crippen LogP) is 2.15. The maximum absolute atomic E-state index is 12.8. The number of nitrogens with zero attached hydrogens (tertiary/aromatic N) is 3. The summed E-state index contributed by atoms with van der Waals surface area (Å²) in [6.07, 6.45) is 10.2. The molecule has 6 nitrogen and oxygen atoms in total. The number of rotatable bonds is 6. The fourth-order valence-electron chi connectivity index (χ4n) is 4.15. The molecule has 136 valence electrons. The molecule has 2 amide bonds. The lowest BCUT2D eigenvalue weighted by Crippen LogP contribution is -2.52. The van der Waals surface area contributed by atoms with Crippen LogP contribution in [0.25, 0.3) is 0 Å². The van der Waals surface area contributed by atoms with Crippen molar-refractivity contribution in [3.8, 4) is 0 Å². The molecule has 3 atom stereocenters. The third kappa shape index (κ3) is 4.11. The first-order valence-corrected chi connectivity index (χ1v) is 9.29. The normalized spacial score (nSPS) is 25.1. The van der Waals surface area contributed by atoms with Crippen molar-refractivity contribution in [3.05, 3.63) is 31.1 Å². The molecule has 1 aliphatic heterocycles. The van der Waals surface area contributed by atoms with Crippen molar-refractivity contribution in [1.82, 2.24) is 20.0 Å². The van der Waals surface area contributed by atoms with Crippen LogP contribution in [0, 0.1) is 11.8 Å². The minimum atomic E-state index is -0.00340. The molecule has 1 aromatic rings. The second-order valence-electron chi connectivity index (χ2n) is 7.40. The van der Waals surface area contributed by atoms with Crippen LogP contribution in [0.15, 0.2) is 31.1 Å². The summed E-state index contributed by atoms with van der Waals surface area (Å²) in [5, 5.41) is 7.54. The highest BCUT2D eigenvalue weighted by atomic mass is 16.2. The number of nitrogens with one attached hydrogen (secondary N) is 1. The zero-order valence-electron chi connectivity index (χ0n) is 14.9. The number of carbonyl (C=O) groups excluding carboxylic acids is 2. The van der Waals surface area contributed by atoms with Crippen LogP contribution in [0.5, 0.6) is 0 Å². The fraction of sp³-hybridized carbons (Fsp3) is 0.632. The zero-order valence-corrected chi connectivity index (χ0v) is 14.9. The molecular formula is C19H28N4O2. The zero-order chi connectivity index (χ0) is 17.8. The standard InChI is InChI=1S/C19H28N4O2/c1-3-18(24)22-12-15(13-22)11-14(2)21-19(25)16-7-4-5-8-17(16)23-10-6-9-20-23/h3,6,9-10,14-17H,1,4-5,7-8,11-13H2,2H3,(H,21,25). The summed E-state index contributed by atoms with van der Waals surface area (Å²) >= 11 is 0. The highest BCUT2D eigenvalue weighted by molar-refractivity contribution is 5.87. The van der Waals surface area contributed by atoms with Gasteiger partial charge in [0.2, 0.25) is 11.8 Å². The Morgan fingerprint density at radius 2 is 2.12 bits per heavy atom. The van der Waals surface area contributed by atoms with Crippen LogP contribution in [0.4, 0.5) is 0 Å². The number of hydrogen-bond donors (Lipinski definition) is 1. The van der Waals surface area contributed by atoms with Gasteiger partial charge in [0.1, 0.15) is 0 Å². The molecule has 2 aliphatic rings. The van der Waals surface area contributed by atoms with Crippen LogP contribution in [0.3, 0.4) is 0 Å². The molecule has 25 heavy (non-hydrogen) atoms. The maximum atomic E-state index is 12.8. The molecule has 0 radical (unpaired) electrons. The number of carbonyl (C=O) groups is 2. The van der Waals surface area contributed by atoms with Crippen molar-refractivity contribution in [3.63, 3.8) is 0 Å². The lowest BCUT2D eigenvalue weighted by atomic mass is 9.83. The van der Waals surface area contributed by atoms with E-state index >= 15 is 0 Å². The van der Waals surface area contributed by atoms with Gasteiger partial charge in [0.15, 0.2) is 0 Å². The molecule has 3 unspecified atom stereocenters. The average molecular weight is 344 g/mol. The van der Waals surface area contributed by atoms with Crippen molar-refractivity contribution >= 4 is 11.8 Å². The van der Waals surface area contributed by atoms with E-state index in [1.165, 1.54) is 6.08 Å². The van der Waals surface area contributed by atoms with Crippen LogP contribution < -0.4 is 5.32 Å². The van der Waals surface area contributed by atoms with Crippen molar-refractivity contribution in [2.24, 2.45) is 11.8 Å². The molecule has 3 rings (SSSR count). The minimum absolute atomic E-state index is 0.00258. The van der Waals surface area contributed by atoms with Gasteiger partial charge in [-0.05, 0) is 44.2 Å². The molecule has 0 spiro atoms. The molecule has 6 heteroatoms. The maximum Gasteiger partial charge on any atom is 0.245 e. The van der Waals surface area contributed by atoms with Gasteiger partial charge in [0, 0.05) is 31.5 Å². The first kappa shape index (κ1) is 17.7. The number of aromatic nitrogens is 2. The lowest BCUT2D eigenvalue weighted by molar-refractivity contribution is -0.133. The third-order valence-corrected chi connectivity index (χ3v) is 5.45. The Bertz CT molecular complexity index is 607. The molecular weight excluding hydrogens is 316 g/mol. The van der Waals surface area contributed by atoms with Crippen LogP contribution in [-0.2, 0) is 9.59 Å². The summed E-state index contributed by atoms with van der Waals surface area (Å²) in [4.78, 5) is 26.1. The summed E-state index contributed by atoms with van der Waals surface area (Å²) in [6, 6.07) is 2.21. The van der Waals surface area contributed by atoms with E-state index in [1.807, 2.05) is 16.9 Å². The monoisotopic (exact) mass is 344 g/mol. The van der Waals surface area contributed by atoms with Crippen molar-refractivity contribution in [2.75, 3.05) is 13.1 Å². The third-order valence-electron chi connectivity index (χ3n) is 5.45. The van der Waals surface area contributed by atoms with Gasteiger partial charge in [-0.1, -0.05) is 19.4 Å². The number of likely N-dealkylation sites (tertiary alicyclic amines) is 1. The highest BCUT2D eigenvalue weighted by Crippen LogP contribution is 2.33. The summed E-state index contributed by atoms with van der Waals surface area (Å²) < 4.78 is 1.94. The second-order valence-corrected chi connectivity index (χ2v) is 7.40. The Morgan fingerprint density at radius 1 is 1.36 bits per heavy atom. The Hall–Kier alpha value is -2.11. The Balaban J connectivity index is 1.49. The van der Waals surface area contributed by atoms with E-state index in [1.54, 1.807) is 11.1 Å². The molecule has 0 bridgehead atoms. The predicted molar refractivity (Wildman–Crippen MR) is 95.7 cm³/mol. The Labute approximate surface area is 149 Å². The largest absolute Gasteiger partial charge is 0.353 e. The highest BCUT2D eigenvalue weighted by Gasteiger charge is 2.34. The van der Waals surface area contributed by atoms with E-state index < -0.39 is 0 Å². The first-order chi connectivity index (χ1) is 12.1. The van der Waals surface area contributed by atoms with Gasteiger partial charge in [-0.15, -0.1) is 0 Å². The Morgan fingerprint density at radius 3 is 2.80 bits per heavy atom. The van der Waals surface area contributed by atoms with Crippen LogP contribution >= 0.6 is 0 Å². The number of amides is 2. The van der Waals surface area contributed by atoms with Crippen LogP contribution in [0.1, 0.15) is 45.1 Å². The topological polar surface area (TPSA) is 67.2 Å². The quantitative estimate of drug-likeness (QED) is 0.804. The smallest absolute Gasteiger partial charge is 0.245 e. The summed E-state index contributed by atoms with van der Waals surface area (Å²) in [7, 11) is 0.